The summed E-state index contributed by atoms with van der Waals surface area (Å²) >= 11 is 3.31. The Hall–Kier alpha value is -0.480. The van der Waals surface area contributed by atoms with Crippen LogP contribution < -0.4 is 5.73 Å². The summed E-state index contributed by atoms with van der Waals surface area (Å²) in [6, 6.07) is 1.77. The normalized spacial score (nSPS) is 19.0. The lowest BCUT2D eigenvalue weighted by atomic mass is 9.76. The zero-order chi connectivity index (χ0) is 11.3. The fraction of sp³-hybridized carbons (Fsp3) is 0.545. The Morgan fingerprint density at radius 1 is 1.53 bits per heavy atom. The molecule has 15 heavy (non-hydrogen) atoms. The van der Waals surface area contributed by atoms with E-state index in [0.29, 0.717) is 5.56 Å². The molecule has 1 saturated carbocycles. The van der Waals surface area contributed by atoms with E-state index in [1.54, 1.807) is 6.07 Å². The molecule has 2 rings (SSSR count). The molecule has 2 nitrogen and oxygen atoms in total. The molecular formula is C11H14BrFN2. The van der Waals surface area contributed by atoms with Crippen molar-refractivity contribution in [3.05, 3.63) is 28.2 Å². The molecule has 1 aliphatic rings. The first-order valence-corrected chi connectivity index (χ1v) is 5.76. The van der Waals surface area contributed by atoms with Crippen LogP contribution in [-0.2, 0) is 5.41 Å². The molecule has 0 atom stereocenters. The van der Waals surface area contributed by atoms with E-state index in [2.05, 4.69) is 20.9 Å². The first-order valence-electron chi connectivity index (χ1n) is 4.97. The predicted molar refractivity (Wildman–Crippen MR) is 61.1 cm³/mol. The van der Waals surface area contributed by atoms with Crippen LogP contribution in [0.5, 0.6) is 0 Å². The van der Waals surface area contributed by atoms with Crippen molar-refractivity contribution in [2.75, 3.05) is 0 Å². The van der Waals surface area contributed by atoms with Crippen molar-refractivity contribution in [2.24, 2.45) is 5.73 Å². The second-order valence-corrected chi connectivity index (χ2v) is 5.69. The molecule has 0 spiro atoms. The van der Waals surface area contributed by atoms with Gasteiger partial charge < -0.3 is 5.73 Å². The Labute approximate surface area is 97.2 Å². The number of hydrogen-bond acceptors (Lipinski definition) is 2. The molecule has 82 valence electrons. The average molecular weight is 273 g/mol. The Morgan fingerprint density at radius 2 is 2.13 bits per heavy atom. The van der Waals surface area contributed by atoms with Gasteiger partial charge >= 0.3 is 0 Å². The van der Waals surface area contributed by atoms with Crippen molar-refractivity contribution in [1.82, 2.24) is 4.98 Å². The molecular weight excluding hydrogens is 259 g/mol. The highest BCUT2D eigenvalue weighted by Gasteiger charge is 2.53. The number of rotatable bonds is 2. The Morgan fingerprint density at radius 3 is 2.67 bits per heavy atom. The molecule has 0 aromatic carbocycles. The van der Waals surface area contributed by atoms with Gasteiger partial charge in [0.1, 0.15) is 0 Å². The fourth-order valence-corrected chi connectivity index (χ4v) is 2.22. The maximum atomic E-state index is 13.6. The first-order chi connectivity index (χ1) is 6.87. The van der Waals surface area contributed by atoms with Gasteiger partial charge in [-0.25, -0.2) is 4.98 Å². The molecule has 4 heteroatoms. The van der Waals surface area contributed by atoms with Gasteiger partial charge in [-0.15, -0.1) is 0 Å². The summed E-state index contributed by atoms with van der Waals surface area (Å²) < 4.78 is 14.4. The fourth-order valence-electron chi connectivity index (χ4n) is 1.89. The molecule has 0 saturated heterocycles. The van der Waals surface area contributed by atoms with Gasteiger partial charge in [0.2, 0.25) is 5.95 Å². The largest absolute Gasteiger partial charge is 0.324 e. The minimum atomic E-state index is -0.417. The number of nitrogens with zero attached hydrogens (tertiary/aromatic N) is 1. The molecule has 0 amide bonds. The smallest absolute Gasteiger partial charge is 0.216 e. The third kappa shape index (κ3) is 1.70. The summed E-state index contributed by atoms with van der Waals surface area (Å²) in [7, 11) is 0. The number of pyridine rings is 1. The summed E-state index contributed by atoms with van der Waals surface area (Å²) in [5, 5.41) is 0. The van der Waals surface area contributed by atoms with Crippen LogP contribution in [0.15, 0.2) is 16.7 Å². The van der Waals surface area contributed by atoms with E-state index < -0.39 is 5.95 Å². The van der Waals surface area contributed by atoms with Crippen molar-refractivity contribution in [3.8, 4) is 0 Å². The van der Waals surface area contributed by atoms with Crippen LogP contribution in [-0.4, -0.2) is 10.5 Å². The second kappa shape index (κ2) is 3.25. The maximum Gasteiger partial charge on any atom is 0.216 e. The zero-order valence-corrected chi connectivity index (χ0v) is 10.4. The van der Waals surface area contributed by atoms with Gasteiger partial charge in [0, 0.05) is 27.2 Å². The van der Waals surface area contributed by atoms with Crippen molar-refractivity contribution in [1.29, 1.82) is 0 Å². The van der Waals surface area contributed by atoms with E-state index in [1.165, 1.54) is 6.20 Å². The summed E-state index contributed by atoms with van der Waals surface area (Å²) in [6.45, 7) is 3.96. The highest BCUT2D eigenvalue weighted by atomic mass is 79.9. The Bertz CT molecular complexity index is 400. The van der Waals surface area contributed by atoms with E-state index in [-0.39, 0.29) is 11.0 Å². The van der Waals surface area contributed by atoms with Gasteiger partial charge in [-0.05, 0) is 34.8 Å². The zero-order valence-electron chi connectivity index (χ0n) is 8.85. The first kappa shape index (κ1) is 11.0. The van der Waals surface area contributed by atoms with E-state index in [4.69, 9.17) is 5.73 Å². The second-order valence-electron chi connectivity index (χ2n) is 4.77. The molecule has 1 aromatic rings. The molecule has 0 unspecified atom stereocenters. The van der Waals surface area contributed by atoms with E-state index in [0.717, 1.165) is 17.3 Å². The lowest BCUT2D eigenvalue weighted by molar-refractivity contribution is 0.368. The van der Waals surface area contributed by atoms with Crippen molar-refractivity contribution in [2.45, 2.75) is 37.6 Å². The van der Waals surface area contributed by atoms with Crippen molar-refractivity contribution >= 4 is 15.9 Å². The van der Waals surface area contributed by atoms with E-state index in [1.807, 2.05) is 13.8 Å². The standard InChI is InChI=1S/C11H14BrFN2/c1-10(2,11(14)3-4-11)8-5-7(12)6-15-9(8)13/h5-6H,3-4,14H2,1-2H3. The van der Waals surface area contributed by atoms with Gasteiger partial charge in [0.15, 0.2) is 0 Å². The molecule has 2 N–H and O–H groups in total. The van der Waals surface area contributed by atoms with E-state index in [9.17, 15) is 4.39 Å². The quantitative estimate of drug-likeness (QED) is 0.841. The maximum absolute atomic E-state index is 13.6. The molecule has 1 aliphatic carbocycles. The average Bonchev–Trinajstić information content (AvgIpc) is 2.89. The van der Waals surface area contributed by atoms with Crippen LogP contribution in [0, 0.1) is 5.95 Å². The third-order valence-corrected chi connectivity index (χ3v) is 3.95. The molecule has 1 aromatic heterocycles. The SMILES string of the molecule is CC(C)(c1cc(Br)cnc1F)C1(N)CC1. The number of hydrogen-bond donors (Lipinski definition) is 1. The van der Waals surface area contributed by atoms with Crippen LogP contribution in [0.4, 0.5) is 4.39 Å². The topological polar surface area (TPSA) is 38.9 Å². The molecule has 0 bridgehead atoms. The van der Waals surface area contributed by atoms with Crippen LogP contribution >= 0.6 is 15.9 Å². The van der Waals surface area contributed by atoms with E-state index >= 15 is 0 Å². The summed E-state index contributed by atoms with van der Waals surface area (Å²) in [6.07, 6.45) is 3.36. The predicted octanol–water partition coefficient (Wildman–Crippen LogP) is 2.75. The monoisotopic (exact) mass is 272 g/mol. The Kier molecular flexibility index (Phi) is 2.39. The van der Waals surface area contributed by atoms with Crippen molar-refractivity contribution < 1.29 is 4.39 Å². The minimum absolute atomic E-state index is 0.268. The lowest BCUT2D eigenvalue weighted by Crippen LogP contribution is -2.44. The summed E-state index contributed by atoms with van der Waals surface area (Å²) in [5.41, 5.74) is 6.13. The van der Waals surface area contributed by atoms with Crippen LogP contribution in [0.25, 0.3) is 0 Å². The summed E-state index contributed by atoms with van der Waals surface area (Å²) in [5.74, 6) is -0.417. The third-order valence-electron chi connectivity index (χ3n) is 3.51. The number of halogens is 2. The summed E-state index contributed by atoms with van der Waals surface area (Å²) in [4.78, 5) is 3.72. The van der Waals surface area contributed by atoms with Gasteiger partial charge in [0.25, 0.3) is 0 Å². The highest BCUT2D eigenvalue weighted by molar-refractivity contribution is 9.10. The molecule has 0 radical (unpaired) electrons. The van der Waals surface area contributed by atoms with Crippen molar-refractivity contribution in [3.63, 3.8) is 0 Å². The lowest BCUT2D eigenvalue weighted by Gasteiger charge is -2.32. The van der Waals surface area contributed by atoms with Crippen LogP contribution in [0.1, 0.15) is 32.3 Å². The highest BCUT2D eigenvalue weighted by Crippen LogP contribution is 2.49. The Balaban J connectivity index is 2.48. The number of aromatic nitrogens is 1. The minimum Gasteiger partial charge on any atom is -0.324 e. The molecule has 1 heterocycles. The van der Waals surface area contributed by atoms with Gasteiger partial charge in [-0.3, -0.25) is 0 Å². The van der Waals surface area contributed by atoms with Crippen LogP contribution in [0.2, 0.25) is 0 Å². The molecule has 1 fully saturated rings. The molecule has 0 aliphatic heterocycles. The number of nitrogens with two attached hydrogens (primary N) is 1. The van der Waals surface area contributed by atoms with Gasteiger partial charge in [-0.2, -0.15) is 4.39 Å². The van der Waals surface area contributed by atoms with Gasteiger partial charge in [-0.1, -0.05) is 13.8 Å². The van der Waals surface area contributed by atoms with Crippen LogP contribution in [0.3, 0.4) is 0 Å². The van der Waals surface area contributed by atoms with Gasteiger partial charge in [0.05, 0.1) is 0 Å².